The molecule has 0 aliphatic rings. The number of carbonyl (C=O) groups is 1. The second-order valence-corrected chi connectivity index (χ2v) is 7.15. The Morgan fingerprint density at radius 1 is 0.967 bits per heavy atom. The SMILES string of the molecule is Cc1ccc(Cl)cc1NC(=O)NC(c1ccccc1)c1nnc(-c2ccccc2)o1. The highest BCUT2D eigenvalue weighted by molar-refractivity contribution is 6.31. The Bertz CT molecular complexity index is 1150. The molecule has 3 aromatic carbocycles. The van der Waals surface area contributed by atoms with Gasteiger partial charge >= 0.3 is 6.03 Å². The van der Waals surface area contributed by atoms with Crippen molar-refractivity contribution in [2.45, 2.75) is 13.0 Å². The minimum absolute atomic E-state index is 0.290. The van der Waals surface area contributed by atoms with Crippen LogP contribution in [0.25, 0.3) is 11.5 Å². The fourth-order valence-electron chi connectivity index (χ4n) is 3.00. The van der Waals surface area contributed by atoms with E-state index in [0.717, 1.165) is 16.7 Å². The first-order valence-corrected chi connectivity index (χ1v) is 9.75. The molecular weight excluding hydrogens is 400 g/mol. The van der Waals surface area contributed by atoms with Gasteiger partial charge in [0.05, 0.1) is 0 Å². The Morgan fingerprint density at radius 2 is 1.67 bits per heavy atom. The number of nitrogens with zero attached hydrogens (tertiary/aromatic N) is 2. The Morgan fingerprint density at radius 3 is 2.40 bits per heavy atom. The lowest BCUT2D eigenvalue weighted by molar-refractivity contribution is 0.248. The van der Waals surface area contributed by atoms with Crippen LogP contribution in [0, 0.1) is 6.92 Å². The van der Waals surface area contributed by atoms with Crippen molar-refractivity contribution in [3.05, 3.63) is 101 Å². The predicted molar refractivity (Wildman–Crippen MR) is 116 cm³/mol. The van der Waals surface area contributed by atoms with Gasteiger partial charge in [0.15, 0.2) is 0 Å². The van der Waals surface area contributed by atoms with Gasteiger partial charge < -0.3 is 15.1 Å². The molecule has 0 spiro atoms. The monoisotopic (exact) mass is 418 g/mol. The second-order valence-electron chi connectivity index (χ2n) is 6.71. The quantitative estimate of drug-likeness (QED) is 0.441. The van der Waals surface area contributed by atoms with Gasteiger partial charge in [-0.1, -0.05) is 66.2 Å². The average molecular weight is 419 g/mol. The molecule has 2 amide bonds. The first kappa shape index (κ1) is 19.7. The fraction of sp³-hybridized carbons (Fsp3) is 0.0870. The van der Waals surface area contributed by atoms with Gasteiger partial charge in [-0.25, -0.2) is 4.79 Å². The van der Waals surface area contributed by atoms with Crippen LogP contribution in [-0.4, -0.2) is 16.2 Å². The van der Waals surface area contributed by atoms with Gasteiger partial charge in [0, 0.05) is 16.3 Å². The molecule has 150 valence electrons. The summed E-state index contributed by atoms with van der Waals surface area (Å²) >= 11 is 6.05. The van der Waals surface area contributed by atoms with Crippen molar-refractivity contribution >= 4 is 23.3 Å². The third-order valence-electron chi connectivity index (χ3n) is 4.56. The first-order chi connectivity index (χ1) is 14.6. The zero-order valence-electron chi connectivity index (χ0n) is 16.2. The number of rotatable bonds is 5. The summed E-state index contributed by atoms with van der Waals surface area (Å²) in [6, 6.07) is 23.2. The zero-order chi connectivity index (χ0) is 20.9. The van der Waals surface area contributed by atoms with E-state index in [2.05, 4.69) is 20.8 Å². The number of anilines is 1. The highest BCUT2D eigenvalue weighted by Crippen LogP contribution is 2.26. The van der Waals surface area contributed by atoms with Crippen molar-refractivity contribution in [1.82, 2.24) is 15.5 Å². The highest BCUT2D eigenvalue weighted by atomic mass is 35.5. The second kappa shape index (κ2) is 8.80. The summed E-state index contributed by atoms with van der Waals surface area (Å²) in [5.74, 6) is 0.678. The molecule has 4 aromatic rings. The van der Waals surface area contributed by atoms with E-state index in [1.165, 1.54) is 0 Å². The van der Waals surface area contributed by atoms with Crippen molar-refractivity contribution in [3.63, 3.8) is 0 Å². The summed E-state index contributed by atoms with van der Waals surface area (Å²) in [4.78, 5) is 12.8. The van der Waals surface area contributed by atoms with E-state index in [-0.39, 0.29) is 5.89 Å². The van der Waals surface area contributed by atoms with Crippen LogP contribution in [0.4, 0.5) is 10.5 Å². The molecule has 0 aliphatic carbocycles. The highest BCUT2D eigenvalue weighted by Gasteiger charge is 2.23. The van der Waals surface area contributed by atoms with E-state index in [0.29, 0.717) is 16.6 Å². The van der Waals surface area contributed by atoms with Gasteiger partial charge in [-0.2, -0.15) is 0 Å². The van der Waals surface area contributed by atoms with Crippen LogP contribution >= 0.6 is 11.6 Å². The van der Waals surface area contributed by atoms with Gasteiger partial charge in [0.1, 0.15) is 6.04 Å². The Labute approximate surface area is 178 Å². The molecule has 7 heteroatoms. The minimum atomic E-state index is -0.615. The van der Waals surface area contributed by atoms with Crippen molar-refractivity contribution < 1.29 is 9.21 Å². The van der Waals surface area contributed by atoms with Crippen LogP contribution in [0.15, 0.2) is 83.3 Å². The Kier molecular flexibility index (Phi) is 5.77. The third kappa shape index (κ3) is 4.50. The summed E-state index contributed by atoms with van der Waals surface area (Å²) < 4.78 is 5.89. The number of urea groups is 1. The molecule has 0 radical (unpaired) electrons. The summed E-state index contributed by atoms with van der Waals surface area (Å²) in [5.41, 5.74) is 3.15. The molecule has 0 bridgehead atoms. The molecule has 30 heavy (non-hydrogen) atoms. The molecule has 0 saturated carbocycles. The van der Waals surface area contributed by atoms with Gasteiger partial charge in [0.2, 0.25) is 11.8 Å². The summed E-state index contributed by atoms with van der Waals surface area (Å²) in [7, 11) is 0. The molecule has 0 saturated heterocycles. The van der Waals surface area contributed by atoms with Gasteiger partial charge in [-0.15, -0.1) is 10.2 Å². The molecule has 4 rings (SSSR count). The lowest BCUT2D eigenvalue weighted by Gasteiger charge is -2.17. The van der Waals surface area contributed by atoms with Crippen molar-refractivity contribution in [1.29, 1.82) is 0 Å². The van der Waals surface area contributed by atoms with Crippen LogP contribution in [0.2, 0.25) is 5.02 Å². The third-order valence-corrected chi connectivity index (χ3v) is 4.80. The molecule has 1 aromatic heterocycles. The molecule has 6 nitrogen and oxygen atoms in total. The number of aromatic nitrogens is 2. The van der Waals surface area contributed by atoms with Crippen LogP contribution in [0.1, 0.15) is 23.1 Å². The average Bonchev–Trinajstić information content (AvgIpc) is 3.26. The molecule has 1 atom stereocenters. The van der Waals surface area contributed by atoms with Crippen LogP contribution in [0.3, 0.4) is 0 Å². The van der Waals surface area contributed by atoms with E-state index in [9.17, 15) is 4.79 Å². The number of hydrogen-bond acceptors (Lipinski definition) is 4. The Balaban J connectivity index is 1.60. The molecule has 1 unspecified atom stereocenters. The maximum Gasteiger partial charge on any atom is 0.320 e. The number of benzene rings is 3. The lowest BCUT2D eigenvalue weighted by atomic mass is 10.1. The predicted octanol–water partition coefficient (Wildman–Crippen LogP) is 5.61. The summed E-state index contributed by atoms with van der Waals surface area (Å²) in [6.07, 6.45) is 0. The topological polar surface area (TPSA) is 80.0 Å². The number of hydrogen-bond donors (Lipinski definition) is 2. The van der Waals surface area contributed by atoms with E-state index >= 15 is 0 Å². The number of halogens is 1. The molecular formula is C23H19ClN4O2. The summed E-state index contributed by atoms with van der Waals surface area (Å²) in [6.45, 7) is 1.89. The van der Waals surface area contributed by atoms with Gasteiger partial charge in [-0.05, 0) is 42.3 Å². The standard InChI is InChI=1S/C23H19ClN4O2/c1-15-12-13-18(24)14-19(15)25-23(29)26-20(16-8-4-2-5-9-16)22-28-27-21(30-22)17-10-6-3-7-11-17/h2-14,20H,1H3,(H2,25,26,29). The van der Waals surface area contributed by atoms with Crippen LogP contribution in [-0.2, 0) is 0 Å². The first-order valence-electron chi connectivity index (χ1n) is 9.37. The van der Waals surface area contributed by atoms with E-state index in [4.69, 9.17) is 16.0 Å². The molecule has 2 N–H and O–H groups in total. The number of carbonyl (C=O) groups excluding carboxylic acids is 1. The molecule has 0 fully saturated rings. The van der Waals surface area contributed by atoms with Gasteiger partial charge in [-0.3, -0.25) is 0 Å². The molecule has 1 heterocycles. The van der Waals surface area contributed by atoms with Crippen molar-refractivity contribution in [3.8, 4) is 11.5 Å². The van der Waals surface area contributed by atoms with Crippen molar-refractivity contribution in [2.75, 3.05) is 5.32 Å². The van der Waals surface area contributed by atoms with Crippen LogP contribution < -0.4 is 10.6 Å². The smallest absolute Gasteiger partial charge is 0.320 e. The van der Waals surface area contributed by atoms with E-state index < -0.39 is 12.1 Å². The summed E-state index contributed by atoms with van der Waals surface area (Å²) in [5, 5.41) is 14.6. The maximum absolute atomic E-state index is 12.8. The largest absolute Gasteiger partial charge is 0.418 e. The number of amides is 2. The minimum Gasteiger partial charge on any atom is -0.418 e. The molecule has 0 aliphatic heterocycles. The van der Waals surface area contributed by atoms with E-state index in [1.807, 2.05) is 73.7 Å². The fourth-order valence-corrected chi connectivity index (χ4v) is 3.17. The Hall–Kier alpha value is -3.64. The lowest BCUT2D eigenvalue weighted by Crippen LogP contribution is -2.33. The van der Waals surface area contributed by atoms with Gasteiger partial charge in [0.25, 0.3) is 0 Å². The normalized spacial score (nSPS) is 11.7. The maximum atomic E-state index is 12.8. The van der Waals surface area contributed by atoms with Crippen LogP contribution in [0.5, 0.6) is 0 Å². The zero-order valence-corrected chi connectivity index (χ0v) is 16.9. The number of nitrogens with one attached hydrogen (secondary N) is 2. The van der Waals surface area contributed by atoms with Crippen molar-refractivity contribution in [2.24, 2.45) is 0 Å². The number of aryl methyl sites for hydroxylation is 1. The van der Waals surface area contributed by atoms with E-state index in [1.54, 1.807) is 12.1 Å².